The summed E-state index contributed by atoms with van der Waals surface area (Å²) in [4.78, 5) is 18.8. The molecule has 0 radical (unpaired) electrons. The van der Waals surface area contributed by atoms with Crippen molar-refractivity contribution < 1.29 is 19.0 Å². The van der Waals surface area contributed by atoms with Gasteiger partial charge in [-0.2, -0.15) is 0 Å². The molecule has 0 bridgehead atoms. The maximum atomic E-state index is 12.9. The van der Waals surface area contributed by atoms with Crippen molar-refractivity contribution in [2.75, 3.05) is 27.4 Å². The highest BCUT2D eigenvalue weighted by molar-refractivity contribution is 5.96. The average molecular weight is 344 g/mol. The van der Waals surface area contributed by atoms with E-state index in [2.05, 4.69) is 4.98 Å². The largest absolute Gasteiger partial charge is 0.493 e. The van der Waals surface area contributed by atoms with Gasteiger partial charge in [0.05, 0.1) is 20.8 Å². The monoisotopic (exact) mass is 344 g/mol. The molecule has 6 heteroatoms. The number of methoxy groups -OCH3 is 2. The quantitative estimate of drug-likeness (QED) is 0.736. The number of hydrogen-bond acceptors (Lipinski definition) is 5. The highest BCUT2D eigenvalue weighted by atomic mass is 16.5. The second-order valence-corrected chi connectivity index (χ2v) is 5.30. The first-order valence-corrected chi connectivity index (χ1v) is 8.22. The molecule has 2 aromatic rings. The van der Waals surface area contributed by atoms with E-state index in [0.29, 0.717) is 42.6 Å². The van der Waals surface area contributed by atoms with Crippen molar-refractivity contribution in [1.82, 2.24) is 9.88 Å². The molecule has 0 spiro atoms. The average Bonchev–Trinajstić information content (AvgIpc) is 2.66. The van der Waals surface area contributed by atoms with E-state index in [-0.39, 0.29) is 5.91 Å². The van der Waals surface area contributed by atoms with Gasteiger partial charge in [-0.1, -0.05) is 6.07 Å². The molecule has 0 unspecified atom stereocenters. The molecule has 0 atom stereocenters. The van der Waals surface area contributed by atoms with Crippen LogP contribution in [0.3, 0.4) is 0 Å². The van der Waals surface area contributed by atoms with E-state index in [1.807, 2.05) is 32.0 Å². The molecular formula is C19H24N2O4. The van der Waals surface area contributed by atoms with Gasteiger partial charge in [0.15, 0.2) is 11.5 Å². The number of aromatic nitrogens is 1. The summed E-state index contributed by atoms with van der Waals surface area (Å²) in [5.74, 6) is 1.54. The summed E-state index contributed by atoms with van der Waals surface area (Å²) in [6.45, 7) is 5.28. The van der Waals surface area contributed by atoms with Crippen LogP contribution < -0.4 is 14.2 Å². The molecule has 0 N–H and O–H groups in total. The van der Waals surface area contributed by atoms with Crippen LogP contribution in [-0.2, 0) is 6.54 Å². The van der Waals surface area contributed by atoms with Gasteiger partial charge in [-0.25, -0.2) is 4.98 Å². The molecule has 0 saturated heterocycles. The fourth-order valence-electron chi connectivity index (χ4n) is 2.50. The van der Waals surface area contributed by atoms with Crippen LogP contribution in [0.5, 0.6) is 17.4 Å². The number of hydrogen-bond donors (Lipinski definition) is 0. The molecule has 0 saturated carbocycles. The number of carbonyl (C=O) groups is 1. The summed E-state index contributed by atoms with van der Waals surface area (Å²) in [6.07, 6.45) is 1.62. The summed E-state index contributed by atoms with van der Waals surface area (Å²) < 4.78 is 16.1. The van der Waals surface area contributed by atoms with E-state index < -0.39 is 0 Å². The Morgan fingerprint density at radius 3 is 2.52 bits per heavy atom. The maximum Gasteiger partial charge on any atom is 0.259 e. The molecule has 0 aliphatic heterocycles. The van der Waals surface area contributed by atoms with Crippen molar-refractivity contribution in [1.29, 1.82) is 0 Å². The summed E-state index contributed by atoms with van der Waals surface area (Å²) in [5.41, 5.74) is 1.42. The lowest BCUT2D eigenvalue weighted by molar-refractivity contribution is 0.0747. The van der Waals surface area contributed by atoms with Crippen LogP contribution in [0.2, 0.25) is 0 Å². The van der Waals surface area contributed by atoms with Gasteiger partial charge >= 0.3 is 0 Å². The van der Waals surface area contributed by atoms with Crippen molar-refractivity contribution in [2.45, 2.75) is 20.4 Å². The first-order chi connectivity index (χ1) is 12.1. The van der Waals surface area contributed by atoms with Crippen molar-refractivity contribution in [2.24, 2.45) is 0 Å². The molecule has 134 valence electrons. The van der Waals surface area contributed by atoms with Crippen molar-refractivity contribution in [3.63, 3.8) is 0 Å². The van der Waals surface area contributed by atoms with Crippen LogP contribution in [0.15, 0.2) is 36.5 Å². The van der Waals surface area contributed by atoms with Gasteiger partial charge in [0.1, 0.15) is 5.56 Å². The molecule has 1 aromatic heterocycles. The minimum atomic E-state index is -0.117. The van der Waals surface area contributed by atoms with Gasteiger partial charge < -0.3 is 19.1 Å². The molecule has 0 aliphatic carbocycles. The van der Waals surface area contributed by atoms with E-state index in [0.717, 1.165) is 5.56 Å². The van der Waals surface area contributed by atoms with E-state index in [1.54, 1.807) is 37.4 Å². The summed E-state index contributed by atoms with van der Waals surface area (Å²) in [6, 6.07) is 9.10. The Hall–Kier alpha value is -2.76. The van der Waals surface area contributed by atoms with Gasteiger partial charge in [0, 0.05) is 19.3 Å². The zero-order valence-electron chi connectivity index (χ0n) is 15.1. The SMILES string of the molecule is CCOc1ncccc1C(=O)N(CC)Cc1ccc(OC)c(OC)c1. The lowest BCUT2D eigenvalue weighted by atomic mass is 10.1. The second-order valence-electron chi connectivity index (χ2n) is 5.30. The van der Waals surface area contributed by atoms with Gasteiger partial charge in [0.25, 0.3) is 5.91 Å². The van der Waals surface area contributed by atoms with Crippen molar-refractivity contribution in [3.05, 3.63) is 47.7 Å². The highest BCUT2D eigenvalue weighted by Gasteiger charge is 2.20. The first-order valence-electron chi connectivity index (χ1n) is 8.22. The number of benzene rings is 1. The molecule has 0 fully saturated rings. The summed E-state index contributed by atoms with van der Waals surface area (Å²) >= 11 is 0. The zero-order valence-corrected chi connectivity index (χ0v) is 15.1. The third kappa shape index (κ3) is 4.41. The maximum absolute atomic E-state index is 12.9. The van der Waals surface area contributed by atoms with Gasteiger partial charge in [0.2, 0.25) is 5.88 Å². The molecule has 6 nitrogen and oxygen atoms in total. The fourth-order valence-corrected chi connectivity index (χ4v) is 2.50. The van der Waals surface area contributed by atoms with E-state index >= 15 is 0 Å². The second kappa shape index (κ2) is 8.92. The molecule has 2 rings (SSSR count). The number of carbonyl (C=O) groups excluding carboxylic acids is 1. The number of amides is 1. The normalized spacial score (nSPS) is 10.2. The number of nitrogens with zero attached hydrogens (tertiary/aromatic N) is 2. The van der Waals surface area contributed by atoms with Crippen LogP contribution in [-0.4, -0.2) is 43.2 Å². The van der Waals surface area contributed by atoms with Crippen LogP contribution in [0.25, 0.3) is 0 Å². The minimum absolute atomic E-state index is 0.117. The number of rotatable bonds is 8. The van der Waals surface area contributed by atoms with Gasteiger partial charge in [-0.3, -0.25) is 4.79 Å². The molecule has 0 aliphatic rings. The Morgan fingerprint density at radius 1 is 1.12 bits per heavy atom. The van der Waals surface area contributed by atoms with Gasteiger partial charge in [-0.05, 0) is 43.7 Å². The Bertz CT molecular complexity index is 718. The zero-order chi connectivity index (χ0) is 18.2. The minimum Gasteiger partial charge on any atom is -0.493 e. The van der Waals surface area contributed by atoms with Crippen LogP contribution in [0, 0.1) is 0 Å². The Labute approximate surface area is 148 Å². The summed E-state index contributed by atoms with van der Waals surface area (Å²) in [7, 11) is 3.19. The van der Waals surface area contributed by atoms with E-state index in [4.69, 9.17) is 14.2 Å². The Kier molecular flexibility index (Phi) is 6.62. The van der Waals surface area contributed by atoms with Crippen molar-refractivity contribution in [3.8, 4) is 17.4 Å². The third-order valence-electron chi connectivity index (χ3n) is 3.77. The van der Waals surface area contributed by atoms with E-state index in [1.165, 1.54) is 0 Å². The molecule has 1 amide bonds. The Balaban J connectivity index is 2.24. The third-order valence-corrected chi connectivity index (χ3v) is 3.77. The van der Waals surface area contributed by atoms with Crippen LogP contribution in [0.1, 0.15) is 29.8 Å². The Morgan fingerprint density at radius 2 is 1.88 bits per heavy atom. The summed E-state index contributed by atoms with van der Waals surface area (Å²) in [5, 5.41) is 0. The van der Waals surface area contributed by atoms with E-state index in [9.17, 15) is 4.79 Å². The molecule has 1 heterocycles. The number of pyridine rings is 1. The number of ether oxygens (including phenoxy) is 3. The lowest BCUT2D eigenvalue weighted by Crippen LogP contribution is -2.30. The smallest absolute Gasteiger partial charge is 0.259 e. The molecule has 25 heavy (non-hydrogen) atoms. The van der Waals surface area contributed by atoms with Crippen LogP contribution >= 0.6 is 0 Å². The predicted octanol–water partition coefficient (Wildman–Crippen LogP) is 3.16. The fraction of sp³-hybridized carbons (Fsp3) is 0.368. The first kappa shape index (κ1) is 18.6. The van der Waals surface area contributed by atoms with Crippen molar-refractivity contribution >= 4 is 5.91 Å². The van der Waals surface area contributed by atoms with Gasteiger partial charge in [-0.15, -0.1) is 0 Å². The predicted molar refractivity (Wildman–Crippen MR) is 95.4 cm³/mol. The highest BCUT2D eigenvalue weighted by Crippen LogP contribution is 2.28. The molecule has 1 aromatic carbocycles. The standard InChI is InChI=1S/C19H24N2O4/c1-5-21(13-14-9-10-16(23-3)17(12-14)24-4)19(22)15-8-7-11-20-18(15)25-6-2/h7-12H,5-6,13H2,1-4H3. The lowest BCUT2D eigenvalue weighted by Gasteiger charge is -2.22. The van der Waals surface area contributed by atoms with Crippen LogP contribution in [0.4, 0.5) is 0 Å². The topological polar surface area (TPSA) is 60.9 Å². The molecular weight excluding hydrogens is 320 g/mol.